The molecule has 9 rings (SSSR count). The molecule has 0 bridgehead atoms. The third kappa shape index (κ3) is 3.78. The zero-order valence-electron chi connectivity index (χ0n) is 24.1. The Balaban J connectivity index is 1.18. The molecule has 8 aromatic rings. The average Bonchev–Trinajstić information content (AvgIpc) is 3.04. The van der Waals surface area contributed by atoms with E-state index in [0.717, 1.165) is 28.2 Å². The Labute approximate surface area is 250 Å². The fourth-order valence-corrected chi connectivity index (χ4v) is 6.96. The second-order valence-corrected chi connectivity index (χ2v) is 12.0. The van der Waals surface area contributed by atoms with Crippen LogP contribution in [0.15, 0.2) is 133 Å². The number of para-hydroxylation sites is 1. The Morgan fingerprint density at radius 2 is 1.02 bits per heavy atom. The zero-order valence-corrected chi connectivity index (χ0v) is 24.1. The highest BCUT2D eigenvalue weighted by atomic mass is 16.5. The van der Waals surface area contributed by atoms with Crippen molar-refractivity contribution in [3.8, 4) is 44.9 Å². The van der Waals surface area contributed by atoms with Crippen LogP contribution in [-0.2, 0) is 0 Å². The van der Waals surface area contributed by atoms with E-state index in [0.29, 0.717) is 0 Å². The van der Waals surface area contributed by atoms with Crippen LogP contribution in [0.1, 0.15) is 11.1 Å². The van der Waals surface area contributed by atoms with Gasteiger partial charge in [-0.15, -0.1) is 0 Å². The zero-order chi connectivity index (χ0) is 28.7. The molecule has 0 unspecified atom stereocenters. The molecule has 0 saturated heterocycles. The smallest absolute Gasteiger partial charge is 0.143 e. The maximum atomic E-state index is 6.84. The van der Waals surface area contributed by atoms with Crippen LogP contribution in [0.5, 0.6) is 11.5 Å². The van der Waals surface area contributed by atoms with Gasteiger partial charge in [0.05, 0.1) is 0 Å². The Morgan fingerprint density at radius 1 is 0.395 bits per heavy atom. The molecule has 43 heavy (non-hydrogen) atoms. The van der Waals surface area contributed by atoms with Gasteiger partial charge in [-0.3, -0.25) is 0 Å². The molecule has 1 heterocycles. The predicted octanol–water partition coefficient (Wildman–Crippen LogP) is 12.0. The maximum absolute atomic E-state index is 6.84. The van der Waals surface area contributed by atoms with Gasteiger partial charge in [0.1, 0.15) is 11.5 Å². The molecule has 0 aromatic heterocycles. The van der Waals surface area contributed by atoms with Crippen LogP contribution in [-0.4, -0.2) is 0 Å². The number of aryl methyl sites for hydroxylation is 2. The molecule has 0 spiro atoms. The third-order valence-electron chi connectivity index (χ3n) is 9.07. The molecule has 202 valence electrons. The predicted molar refractivity (Wildman–Crippen MR) is 182 cm³/mol. The van der Waals surface area contributed by atoms with Gasteiger partial charge in [-0.25, -0.2) is 0 Å². The summed E-state index contributed by atoms with van der Waals surface area (Å²) in [7, 11) is 0. The van der Waals surface area contributed by atoms with Gasteiger partial charge in [0, 0.05) is 16.5 Å². The average molecular weight is 549 g/mol. The summed E-state index contributed by atoms with van der Waals surface area (Å²) in [5.41, 5.74) is 9.66. The number of hydrogen-bond donors (Lipinski definition) is 0. The van der Waals surface area contributed by atoms with Crippen molar-refractivity contribution in [3.63, 3.8) is 0 Å². The van der Waals surface area contributed by atoms with E-state index in [1.165, 1.54) is 70.9 Å². The second-order valence-electron chi connectivity index (χ2n) is 12.0. The summed E-state index contributed by atoms with van der Waals surface area (Å²) in [5, 5.41) is 9.93. The van der Waals surface area contributed by atoms with Crippen molar-refractivity contribution < 1.29 is 4.74 Å². The Morgan fingerprint density at radius 3 is 1.84 bits per heavy atom. The summed E-state index contributed by atoms with van der Waals surface area (Å²) in [6.07, 6.45) is 0. The molecule has 1 aliphatic heterocycles. The summed E-state index contributed by atoms with van der Waals surface area (Å²) >= 11 is 0. The van der Waals surface area contributed by atoms with Crippen molar-refractivity contribution in [2.24, 2.45) is 0 Å². The topological polar surface area (TPSA) is 9.23 Å². The molecule has 1 heteroatoms. The molecular formula is C42H28O. The van der Waals surface area contributed by atoms with Gasteiger partial charge < -0.3 is 4.74 Å². The van der Waals surface area contributed by atoms with E-state index in [-0.39, 0.29) is 0 Å². The molecule has 0 atom stereocenters. The first kappa shape index (κ1) is 24.2. The van der Waals surface area contributed by atoms with Crippen molar-refractivity contribution >= 4 is 43.1 Å². The van der Waals surface area contributed by atoms with Crippen molar-refractivity contribution in [2.45, 2.75) is 13.8 Å². The Bertz CT molecular complexity index is 2450. The quantitative estimate of drug-likeness (QED) is 0.195. The lowest BCUT2D eigenvalue weighted by atomic mass is 9.88. The number of ether oxygens (including phenoxy) is 1. The first-order valence-corrected chi connectivity index (χ1v) is 14.9. The molecule has 0 saturated carbocycles. The molecule has 0 aliphatic carbocycles. The van der Waals surface area contributed by atoms with Gasteiger partial charge in [-0.2, -0.15) is 0 Å². The summed E-state index contributed by atoms with van der Waals surface area (Å²) in [5.74, 6) is 1.86. The summed E-state index contributed by atoms with van der Waals surface area (Å²) in [6, 6.07) is 48.9. The standard InChI is InChI=1S/C42H28O/c1-25-10-11-34-24-40-41-38(19-26(2)20-39(41)37(34)18-25)36-9-5-8-35(42(36)43-40)33-17-16-31-22-30(14-15-32(31)23-33)29-13-12-27-6-3-4-7-28(27)21-29/h3-24H,1-2H3. The molecule has 1 nitrogen and oxygen atoms in total. The van der Waals surface area contributed by atoms with Crippen LogP contribution in [0.2, 0.25) is 0 Å². The van der Waals surface area contributed by atoms with Gasteiger partial charge in [0.15, 0.2) is 0 Å². The lowest BCUT2D eigenvalue weighted by Crippen LogP contribution is -2.00. The van der Waals surface area contributed by atoms with Gasteiger partial charge >= 0.3 is 0 Å². The summed E-state index contributed by atoms with van der Waals surface area (Å²) < 4.78 is 6.84. The monoisotopic (exact) mass is 548 g/mol. The highest BCUT2D eigenvalue weighted by molar-refractivity contribution is 6.17. The SMILES string of the molecule is Cc1ccc2cc3c4c(cc(C)cc4c2c1)-c1cccc(-c2ccc4cc(-c5ccc6ccccc6c5)ccc4c2)c1O3. The number of fused-ring (bicyclic) bond motifs is 6. The van der Waals surface area contributed by atoms with E-state index >= 15 is 0 Å². The molecule has 0 N–H and O–H groups in total. The minimum Gasteiger partial charge on any atom is -0.455 e. The van der Waals surface area contributed by atoms with E-state index in [2.05, 4.69) is 147 Å². The molecule has 8 aromatic carbocycles. The fourth-order valence-electron chi connectivity index (χ4n) is 6.96. The van der Waals surface area contributed by atoms with Gasteiger partial charge in [-0.05, 0) is 104 Å². The van der Waals surface area contributed by atoms with E-state index in [1.807, 2.05) is 0 Å². The number of hydrogen-bond acceptors (Lipinski definition) is 1. The maximum Gasteiger partial charge on any atom is 0.143 e. The van der Waals surface area contributed by atoms with Crippen LogP contribution in [0.4, 0.5) is 0 Å². The van der Waals surface area contributed by atoms with E-state index in [9.17, 15) is 0 Å². The number of benzene rings is 8. The first-order valence-electron chi connectivity index (χ1n) is 14.9. The van der Waals surface area contributed by atoms with Crippen molar-refractivity contribution in [1.82, 2.24) is 0 Å². The van der Waals surface area contributed by atoms with E-state index in [4.69, 9.17) is 4.74 Å². The Kier molecular flexibility index (Phi) is 5.10. The summed E-state index contributed by atoms with van der Waals surface area (Å²) in [4.78, 5) is 0. The van der Waals surface area contributed by atoms with Gasteiger partial charge in [0.2, 0.25) is 0 Å². The molecular weight excluding hydrogens is 520 g/mol. The lowest BCUT2D eigenvalue weighted by molar-refractivity contribution is 0.489. The largest absolute Gasteiger partial charge is 0.455 e. The van der Waals surface area contributed by atoms with Crippen molar-refractivity contribution in [1.29, 1.82) is 0 Å². The second kappa shape index (κ2) is 9.05. The van der Waals surface area contributed by atoms with Crippen LogP contribution in [0, 0.1) is 13.8 Å². The highest BCUT2D eigenvalue weighted by Crippen LogP contribution is 2.52. The van der Waals surface area contributed by atoms with Crippen LogP contribution < -0.4 is 4.74 Å². The van der Waals surface area contributed by atoms with Crippen molar-refractivity contribution in [2.75, 3.05) is 0 Å². The van der Waals surface area contributed by atoms with Crippen LogP contribution in [0.25, 0.3) is 76.5 Å². The van der Waals surface area contributed by atoms with Gasteiger partial charge in [0.25, 0.3) is 0 Å². The minimum atomic E-state index is 0.931. The van der Waals surface area contributed by atoms with Crippen molar-refractivity contribution in [3.05, 3.63) is 145 Å². The summed E-state index contributed by atoms with van der Waals surface area (Å²) in [6.45, 7) is 4.35. The van der Waals surface area contributed by atoms with Gasteiger partial charge in [-0.1, -0.05) is 115 Å². The fraction of sp³-hybridized carbons (Fsp3) is 0.0476. The minimum absolute atomic E-state index is 0.931. The number of rotatable bonds is 2. The highest BCUT2D eigenvalue weighted by Gasteiger charge is 2.24. The first-order chi connectivity index (χ1) is 21.1. The van der Waals surface area contributed by atoms with Crippen LogP contribution in [0.3, 0.4) is 0 Å². The van der Waals surface area contributed by atoms with E-state index < -0.39 is 0 Å². The lowest BCUT2D eigenvalue weighted by Gasteiger charge is -2.25. The molecule has 1 aliphatic rings. The molecule has 0 amide bonds. The Hall–Kier alpha value is -5.40. The van der Waals surface area contributed by atoms with E-state index in [1.54, 1.807) is 0 Å². The van der Waals surface area contributed by atoms with Crippen LogP contribution >= 0.6 is 0 Å². The molecule has 0 radical (unpaired) electrons. The molecule has 0 fully saturated rings. The normalized spacial score (nSPS) is 12.1. The third-order valence-corrected chi connectivity index (χ3v) is 9.07.